The van der Waals surface area contributed by atoms with E-state index in [1.165, 1.54) is 11.1 Å². The van der Waals surface area contributed by atoms with Gasteiger partial charge in [0, 0.05) is 25.2 Å². The summed E-state index contributed by atoms with van der Waals surface area (Å²) in [6.07, 6.45) is 2.30. The van der Waals surface area contributed by atoms with Crippen LogP contribution in [0.2, 0.25) is 0 Å². The van der Waals surface area contributed by atoms with Gasteiger partial charge >= 0.3 is 0 Å². The molecule has 2 rings (SSSR count). The Labute approximate surface area is 145 Å². The molecule has 2 aromatic carbocycles. The van der Waals surface area contributed by atoms with Crippen LogP contribution in [0.15, 0.2) is 54.6 Å². The average molecular weight is 324 g/mol. The minimum Gasteiger partial charge on any atom is -0.355 e. The van der Waals surface area contributed by atoms with Gasteiger partial charge in [0.05, 0.1) is 0 Å². The summed E-state index contributed by atoms with van der Waals surface area (Å²) in [5, 5.41) is 6.36. The molecule has 2 N–H and O–H groups in total. The second-order valence-electron chi connectivity index (χ2n) is 6.12. The van der Waals surface area contributed by atoms with Crippen molar-refractivity contribution in [2.75, 3.05) is 7.05 Å². The van der Waals surface area contributed by atoms with Gasteiger partial charge in [-0.3, -0.25) is 4.79 Å². The van der Waals surface area contributed by atoms with Gasteiger partial charge in [0.2, 0.25) is 0 Å². The lowest BCUT2D eigenvalue weighted by Gasteiger charge is -2.27. The minimum absolute atomic E-state index is 0.0475. The van der Waals surface area contributed by atoms with Gasteiger partial charge in [-0.1, -0.05) is 69.2 Å². The van der Waals surface area contributed by atoms with E-state index < -0.39 is 0 Å². The molecule has 0 heterocycles. The van der Waals surface area contributed by atoms with Crippen LogP contribution >= 0.6 is 0 Å². The molecule has 0 fully saturated rings. The fourth-order valence-electron chi connectivity index (χ4n) is 3.12. The van der Waals surface area contributed by atoms with Gasteiger partial charge < -0.3 is 10.6 Å². The summed E-state index contributed by atoms with van der Waals surface area (Å²) < 4.78 is 0. The predicted octanol–water partition coefficient (Wildman–Crippen LogP) is 4.31. The largest absolute Gasteiger partial charge is 0.355 e. The lowest BCUT2D eigenvalue weighted by atomic mass is 9.88. The fourth-order valence-corrected chi connectivity index (χ4v) is 3.12. The van der Waals surface area contributed by atoms with Crippen molar-refractivity contribution in [3.05, 3.63) is 71.3 Å². The van der Waals surface area contributed by atoms with Crippen LogP contribution in [0.1, 0.15) is 54.2 Å². The molecule has 1 amide bonds. The van der Waals surface area contributed by atoms with Gasteiger partial charge in [-0.2, -0.15) is 0 Å². The number of rotatable bonds is 8. The molecule has 0 spiro atoms. The standard InChI is InChI=1S/C21H28N2O/c1-4-17(5-2)20(18-9-7-6-8-10-18)23-15-16-11-13-19(14-12-16)21(24)22-3/h6-14,17,20,23H,4-5,15H2,1-3H3,(H,22,24). The number of hydrogen-bond acceptors (Lipinski definition) is 2. The maximum atomic E-state index is 11.6. The molecule has 1 unspecified atom stereocenters. The zero-order valence-electron chi connectivity index (χ0n) is 14.9. The molecule has 0 bridgehead atoms. The maximum Gasteiger partial charge on any atom is 0.251 e. The first-order valence-electron chi connectivity index (χ1n) is 8.78. The van der Waals surface area contributed by atoms with Crippen LogP contribution in [0.25, 0.3) is 0 Å². The number of carbonyl (C=O) groups excluding carboxylic acids is 1. The van der Waals surface area contributed by atoms with E-state index in [4.69, 9.17) is 0 Å². The molecular weight excluding hydrogens is 296 g/mol. The van der Waals surface area contributed by atoms with Crippen LogP contribution in [0, 0.1) is 5.92 Å². The molecule has 3 heteroatoms. The molecular formula is C21H28N2O. The Bertz CT molecular complexity index is 618. The SMILES string of the molecule is CCC(CC)C(NCc1ccc(C(=O)NC)cc1)c1ccccc1. The highest BCUT2D eigenvalue weighted by Gasteiger charge is 2.19. The maximum absolute atomic E-state index is 11.6. The van der Waals surface area contributed by atoms with Gasteiger partial charge in [-0.25, -0.2) is 0 Å². The van der Waals surface area contributed by atoms with Crippen LogP contribution < -0.4 is 10.6 Å². The van der Waals surface area contributed by atoms with E-state index in [1.54, 1.807) is 7.05 Å². The van der Waals surface area contributed by atoms with Gasteiger partial charge in [-0.15, -0.1) is 0 Å². The molecule has 24 heavy (non-hydrogen) atoms. The van der Waals surface area contributed by atoms with E-state index in [9.17, 15) is 4.79 Å². The van der Waals surface area contributed by atoms with Crippen molar-refractivity contribution in [3.63, 3.8) is 0 Å². The van der Waals surface area contributed by atoms with Crippen molar-refractivity contribution >= 4 is 5.91 Å². The highest BCUT2D eigenvalue weighted by Crippen LogP contribution is 2.27. The quantitative estimate of drug-likeness (QED) is 0.759. The molecule has 2 aromatic rings. The summed E-state index contributed by atoms with van der Waals surface area (Å²) in [7, 11) is 1.65. The third-order valence-corrected chi connectivity index (χ3v) is 4.65. The Morgan fingerprint density at radius 1 is 0.958 bits per heavy atom. The average Bonchev–Trinajstić information content (AvgIpc) is 2.65. The lowest BCUT2D eigenvalue weighted by Crippen LogP contribution is -2.27. The van der Waals surface area contributed by atoms with Crippen molar-refractivity contribution in [2.24, 2.45) is 5.92 Å². The van der Waals surface area contributed by atoms with Crippen molar-refractivity contribution < 1.29 is 4.79 Å². The lowest BCUT2D eigenvalue weighted by molar-refractivity contribution is 0.0963. The normalized spacial score (nSPS) is 12.2. The van der Waals surface area contributed by atoms with E-state index in [0.29, 0.717) is 17.5 Å². The number of amides is 1. The van der Waals surface area contributed by atoms with Crippen LogP contribution in [0.5, 0.6) is 0 Å². The number of hydrogen-bond donors (Lipinski definition) is 2. The monoisotopic (exact) mass is 324 g/mol. The van der Waals surface area contributed by atoms with E-state index >= 15 is 0 Å². The van der Waals surface area contributed by atoms with E-state index in [0.717, 1.165) is 19.4 Å². The van der Waals surface area contributed by atoms with Crippen molar-refractivity contribution in [1.29, 1.82) is 0 Å². The van der Waals surface area contributed by atoms with Crippen molar-refractivity contribution in [3.8, 4) is 0 Å². The smallest absolute Gasteiger partial charge is 0.251 e. The zero-order chi connectivity index (χ0) is 17.4. The van der Waals surface area contributed by atoms with Crippen molar-refractivity contribution in [2.45, 2.75) is 39.3 Å². The summed E-state index contributed by atoms with van der Waals surface area (Å²) in [4.78, 5) is 11.6. The number of carbonyl (C=O) groups is 1. The van der Waals surface area contributed by atoms with Crippen LogP contribution in [-0.2, 0) is 6.54 Å². The van der Waals surface area contributed by atoms with E-state index in [1.807, 2.05) is 24.3 Å². The van der Waals surface area contributed by atoms with E-state index in [-0.39, 0.29) is 5.91 Å². The topological polar surface area (TPSA) is 41.1 Å². The first-order valence-corrected chi connectivity index (χ1v) is 8.78. The third-order valence-electron chi connectivity index (χ3n) is 4.65. The summed E-state index contributed by atoms with van der Waals surface area (Å²) in [6, 6.07) is 18.8. The molecule has 0 aliphatic rings. The Morgan fingerprint density at radius 3 is 2.12 bits per heavy atom. The second kappa shape index (κ2) is 9.24. The molecule has 0 saturated heterocycles. The molecule has 1 atom stereocenters. The van der Waals surface area contributed by atoms with Crippen molar-refractivity contribution in [1.82, 2.24) is 10.6 Å². The second-order valence-corrected chi connectivity index (χ2v) is 6.12. The van der Waals surface area contributed by atoms with Gasteiger partial charge in [-0.05, 0) is 29.2 Å². The van der Waals surface area contributed by atoms with Gasteiger partial charge in [0.1, 0.15) is 0 Å². The van der Waals surface area contributed by atoms with Crippen LogP contribution in [0.3, 0.4) is 0 Å². The summed E-state index contributed by atoms with van der Waals surface area (Å²) in [5.41, 5.74) is 3.23. The molecule has 0 aliphatic carbocycles. The summed E-state index contributed by atoms with van der Waals surface area (Å²) in [6.45, 7) is 5.30. The minimum atomic E-state index is -0.0475. The highest BCUT2D eigenvalue weighted by atomic mass is 16.1. The number of nitrogens with one attached hydrogen (secondary N) is 2. The van der Waals surface area contributed by atoms with E-state index in [2.05, 4.69) is 54.8 Å². The zero-order valence-corrected chi connectivity index (χ0v) is 14.9. The molecule has 0 aromatic heterocycles. The van der Waals surface area contributed by atoms with Crippen LogP contribution in [-0.4, -0.2) is 13.0 Å². The number of benzene rings is 2. The molecule has 3 nitrogen and oxygen atoms in total. The first kappa shape index (κ1) is 18.2. The summed E-state index contributed by atoms with van der Waals surface area (Å²) >= 11 is 0. The Morgan fingerprint density at radius 2 is 1.58 bits per heavy atom. The van der Waals surface area contributed by atoms with Gasteiger partial charge in [0.25, 0.3) is 5.91 Å². The molecule has 128 valence electrons. The highest BCUT2D eigenvalue weighted by molar-refractivity contribution is 5.93. The molecule has 0 aliphatic heterocycles. The fraction of sp³-hybridized carbons (Fsp3) is 0.381. The first-order chi connectivity index (χ1) is 11.7. The molecule has 0 saturated carbocycles. The predicted molar refractivity (Wildman–Crippen MR) is 99.9 cm³/mol. The van der Waals surface area contributed by atoms with Crippen LogP contribution in [0.4, 0.5) is 0 Å². The van der Waals surface area contributed by atoms with Gasteiger partial charge in [0.15, 0.2) is 0 Å². The Hall–Kier alpha value is -2.13. The molecule has 0 radical (unpaired) electrons. The Balaban J connectivity index is 2.09. The summed E-state index contributed by atoms with van der Waals surface area (Å²) in [5.74, 6) is 0.561. The Kier molecular flexibility index (Phi) is 7.01. The third kappa shape index (κ3) is 4.68.